The second kappa shape index (κ2) is 11.1. The maximum Gasteiger partial charge on any atom is 0.328 e. The fraction of sp³-hybridized carbons (Fsp3) is 0.559. The number of allylic oxidation sites excluding steroid dienone is 4. The standard InChI is InChI=1S/C22H29FO5.C12H12N2O3/c1-12-8-16-15-5-4-13-9-14(25)6-7-19(13,2)21(15,23)17(26)10-20(16,3)22(12,28)18(27)11-24;1-2-12(8-6-4-3-5-7-8)9(15)13-11(17)14-10(12)16/h6-7,9,12,15-17,24,26,28H,4-5,8,10-11H2,1-3H3;3-7H,2H2,1H3,(H2,13,14,15,16,17)/t12-,15+,16+,17+,19+,20+,21+,22+;/m1./s1. The van der Waals surface area contributed by atoms with Gasteiger partial charge in [0.2, 0.25) is 11.8 Å². The van der Waals surface area contributed by atoms with Crippen LogP contribution in [0.15, 0.2) is 54.1 Å². The van der Waals surface area contributed by atoms with Crippen LogP contribution >= 0.6 is 0 Å². The lowest BCUT2D eigenvalue weighted by Gasteiger charge is -2.62. The number of hydrogen-bond donors (Lipinski definition) is 5. The summed E-state index contributed by atoms with van der Waals surface area (Å²) >= 11 is 0. The van der Waals surface area contributed by atoms with Crippen LogP contribution in [0, 0.1) is 28.6 Å². The molecule has 10 nitrogen and oxygen atoms in total. The Balaban J connectivity index is 0.000000201. The lowest BCUT2D eigenvalue weighted by Crippen LogP contribution is -2.69. The molecule has 4 aliphatic carbocycles. The number of hydrogen-bond acceptors (Lipinski definition) is 8. The average molecular weight is 625 g/mol. The van der Waals surface area contributed by atoms with Crippen LogP contribution < -0.4 is 10.6 Å². The van der Waals surface area contributed by atoms with Gasteiger partial charge in [-0.05, 0) is 68.6 Å². The molecule has 11 heteroatoms. The summed E-state index contributed by atoms with van der Waals surface area (Å²) in [5.41, 5.74) is -5.89. The van der Waals surface area contributed by atoms with Crippen LogP contribution in [-0.2, 0) is 24.6 Å². The molecule has 1 saturated heterocycles. The number of amides is 4. The largest absolute Gasteiger partial charge is 0.390 e. The Morgan fingerprint density at radius 1 is 1.04 bits per heavy atom. The molecule has 45 heavy (non-hydrogen) atoms. The highest BCUT2D eigenvalue weighted by molar-refractivity contribution is 6.22. The predicted molar refractivity (Wildman–Crippen MR) is 160 cm³/mol. The first kappa shape index (κ1) is 32.8. The van der Waals surface area contributed by atoms with Crippen LogP contribution in [0.5, 0.6) is 0 Å². The molecule has 0 spiro atoms. The zero-order valence-corrected chi connectivity index (χ0v) is 25.9. The number of imide groups is 2. The number of halogens is 1. The number of ketones is 2. The second-order valence-electron chi connectivity index (χ2n) is 13.6. The minimum atomic E-state index is -1.98. The molecule has 0 unspecified atom stereocenters. The number of benzene rings is 1. The minimum Gasteiger partial charge on any atom is -0.390 e. The van der Waals surface area contributed by atoms with E-state index in [0.717, 1.165) is 0 Å². The second-order valence-corrected chi connectivity index (χ2v) is 13.6. The molecule has 1 heterocycles. The van der Waals surface area contributed by atoms with Crippen molar-refractivity contribution in [2.75, 3.05) is 6.61 Å². The SMILES string of the molecule is CCC1(c2ccccc2)C(=O)NC(=O)NC1=O.C[C@@H]1C[C@H]2[C@@H]3CCC4=CC(=O)C=C[C@]4(C)[C@@]3(F)[C@@H](O)C[C@]2(C)[C@@]1(O)C(=O)CO. The number of carbonyl (C=O) groups is 5. The Hall–Kier alpha value is -3.54. The highest BCUT2D eigenvalue weighted by Crippen LogP contribution is 2.70. The highest BCUT2D eigenvalue weighted by atomic mass is 19.1. The third-order valence-electron chi connectivity index (χ3n) is 11.8. The summed E-state index contributed by atoms with van der Waals surface area (Å²) in [6.07, 6.45) is 4.73. The molecule has 1 aromatic carbocycles. The summed E-state index contributed by atoms with van der Waals surface area (Å²) in [5.74, 6) is -3.26. The van der Waals surface area contributed by atoms with Crippen molar-refractivity contribution in [1.29, 1.82) is 0 Å². The van der Waals surface area contributed by atoms with Gasteiger partial charge in [0.1, 0.15) is 12.2 Å². The molecular formula is C34H41FN2O8. The Labute approximate surface area is 261 Å². The summed E-state index contributed by atoms with van der Waals surface area (Å²) in [6, 6.07) is 7.96. The molecule has 3 saturated carbocycles. The van der Waals surface area contributed by atoms with Crippen molar-refractivity contribution in [3.8, 4) is 0 Å². The molecule has 242 valence electrons. The van der Waals surface area contributed by atoms with Gasteiger partial charge in [0.15, 0.2) is 22.7 Å². The van der Waals surface area contributed by atoms with Gasteiger partial charge in [-0.25, -0.2) is 9.18 Å². The van der Waals surface area contributed by atoms with Crippen molar-refractivity contribution in [2.24, 2.45) is 28.6 Å². The van der Waals surface area contributed by atoms with Gasteiger partial charge in [0, 0.05) is 16.7 Å². The number of aliphatic hydroxyl groups excluding tert-OH is 2. The lowest BCUT2D eigenvalue weighted by atomic mass is 9.44. The minimum absolute atomic E-state index is 0.0676. The molecule has 6 rings (SSSR count). The van der Waals surface area contributed by atoms with E-state index in [4.69, 9.17) is 0 Å². The van der Waals surface area contributed by atoms with Crippen LogP contribution in [0.1, 0.15) is 65.4 Å². The van der Waals surface area contributed by atoms with Crippen molar-refractivity contribution in [2.45, 2.75) is 82.6 Å². The Morgan fingerprint density at radius 3 is 2.24 bits per heavy atom. The molecule has 8 atom stereocenters. The first-order chi connectivity index (χ1) is 21.1. The highest BCUT2D eigenvalue weighted by Gasteiger charge is 2.75. The maximum atomic E-state index is 16.9. The van der Waals surface area contributed by atoms with E-state index in [-0.39, 0.29) is 18.1 Å². The number of barbiturate groups is 1. The third kappa shape index (κ3) is 4.34. The molecule has 0 aromatic heterocycles. The molecule has 0 bridgehead atoms. The maximum absolute atomic E-state index is 16.9. The van der Waals surface area contributed by atoms with Crippen LogP contribution in [0.25, 0.3) is 0 Å². The smallest absolute Gasteiger partial charge is 0.328 e. The van der Waals surface area contributed by atoms with Crippen LogP contribution in [0.3, 0.4) is 0 Å². The lowest BCUT2D eigenvalue weighted by molar-refractivity contribution is -0.219. The molecular weight excluding hydrogens is 583 g/mol. The van der Waals surface area contributed by atoms with Crippen molar-refractivity contribution in [3.63, 3.8) is 0 Å². The fourth-order valence-electron chi connectivity index (χ4n) is 9.33. The van der Waals surface area contributed by atoms with E-state index in [1.165, 1.54) is 12.2 Å². The molecule has 5 aliphatic rings. The summed E-state index contributed by atoms with van der Waals surface area (Å²) in [4.78, 5) is 59.4. The van der Waals surface area contributed by atoms with Gasteiger partial charge in [-0.2, -0.15) is 0 Å². The molecule has 1 aromatic rings. The summed E-state index contributed by atoms with van der Waals surface area (Å²) < 4.78 is 16.9. The van der Waals surface area contributed by atoms with Gasteiger partial charge in [-0.1, -0.05) is 62.8 Å². The van der Waals surface area contributed by atoms with Gasteiger partial charge in [0.25, 0.3) is 0 Å². The molecule has 5 N–H and O–H groups in total. The topological polar surface area (TPSA) is 170 Å². The summed E-state index contributed by atoms with van der Waals surface area (Å²) in [7, 11) is 0. The van der Waals surface area contributed by atoms with Crippen LogP contribution in [-0.4, -0.2) is 68.7 Å². The van der Waals surface area contributed by atoms with E-state index in [2.05, 4.69) is 10.6 Å². The first-order valence-electron chi connectivity index (χ1n) is 15.5. The monoisotopic (exact) mass is 624 g/mol. The van der Waals surface area contributed by atoms with Crippen molar-refractivity contribution >= 4 is 29.4 Å². The van der Waals surface area contributed by atoms with E-state index in [1.807, 2.05) is 0 Å². The van der Waals surface area contributed by atoms with Crippen LogP contribution in [0.2, 0.25) is 0 Å². The van der Waals surface area contributed by atoms with Crippen molar-refractivity contribution in [3.05, 3.63) is 59.7 Å². The summed E-state index contributed by atoms with van der Waals surface area (Å²) in [5, 5.41) is 36.2. The number of aliphatic hydroxyl groups is 3. The fourth-order valence-corrected chi connectivity index (χ4v) is 9.33. The van der Waals surface area contributed by atoms with Crippen molar-refractivity contribution in [1.82, 2.24) is 10.6 Å². The quantitative estimate of drug-likeness (QED) is 0.319. The average Bonchev–Trinajstić information content (AvgIpc) is 3.20. The van der Waals surface area contributed by atoms with Gasteiger partial charge < -0.3 is 15.3 Å². The Bertz CT molecular complexity index is 1490. The molecule has 4 fully saturated rings. The van der Waals surface area contributed by atoms with Crippen molar-refractivity contribution < 1.29 is 43.7 Å². The van der Waals surface area contributed by atoms with E-state index in [1.54, 1.807) is 64.1 Å². The van der Waals surface area contributed by atoms with Gasteiger partial charge in [-0.15, -0.1) is 0 Å². The number of rotatable bonds is 4. The predicted octanol–water partition coefficient (Wildman–Crippen LogP) is 2.60. The molecule has 0 radical (unpaired) electrons. The Morgan fingerprint density at radius 2 is 1.67 bits per heavy atom. The normalized spacial score (nSPS) is 39.7. The molecule has 1 aliphatic heterocycles. The first-order valence-corrected chi connectivity index (χ1v) is 15.5. The van der Waals surface area contributed by atoms with E-state index in [9.17, 15) is 39.3 Å². The number of nitrogens with one attached hydrogen (secondary N) is 2. The number of alkyl halides is 1. The summed E-state index contributed by atoms with van der Waals surface area (Å²) in [6.45, 7) is 6.22. The van der Waals surface area contributed by atoms with Crippen LogP contribution in [0.4, 0.5) is 9.18 Å². The number of Topliss-reactive ketones (excluding diaryl/α,β-unsaturated/α-hetero) is 1. The Kier molecular flexibility index (Phi) is 8.07. The van der Waals surface area contributed by atoms with E-state index in [0.29, 0.717) is 36.8 Å². The van der Waals surface area contributed by atoms with Gasteiger partial charge in [-0.3, -0.25) is 29.8 Å². The number of urea groups is 1. The van der Waals surface area contributed by atoms with Gasteiger partial charge >= 0.3 is 6.03 Å². The number of fused-ring (bicyclic) bond motifs is 5. The van der Waals surface area contributed by atoms with Gasteiger partial charge in [0.05, 0.1) is 6.10 Å². The van der Waals surface area contributed by atoms with E-state index < -0.39 is 75.7 Å². The third-order valence-corrected chi connectivity index (χ3v) is 11.8. The zero-order chi connectivity index (χ0) is 33.2. The number of carbonyl (C=O) groups excluding carboxylic acids is 5. The molecule has 4 amide bonds. The van der Waals surface area contributed by atoms with E-state index >= 15 is 4.39 Å². The zero-order valence-electron chi connectivity index (χ0n) is 25.9.